The summed E-state index contributed by atoms with van der Waals surface area (Å²) in [6, 6.07) is 6.81. The first kappa shape index (κ1) is 36.5. The number of carbonyl (C=O) groups excluding carboxylic acids is 2. The van der Waals surface area contributed by atoms with Gasteiger partial charge in [-0.25, -0.2) is 15.4 Å². The minimum Gasteiger partial charge on any atom is -0.376 e. The number of anilines is 4. The molecule has 1 aromatic carbocycles. The van der Waals surface area contributed by atoms with Crippen LogP contribution in [0.4, 0.5) is 23.1 Å². The molecule has 12 heteroatoms. The van der Waals surface area contributed by atoms with Gasteiger partial charge in [0.2, 0.25) is 18.3 Å². The number of fused-ring (bicyclic) bond motifs is 2. The monoisotopic (exact) mass is 688 g/mol. The Bertz CT molecular complexity index is 1430. The highest BCUT2D eigenvalue weighted by molar-refractivity contribution is 6.09. The Morgan fingerprint density at radius 1 is 1.02 bits per heavy atom. The summed E-state index contributed by atoms with van der Waals surface area (Å²) in [6.07, 6.45) is 15.8. The smallest absolute Gasteiger partial charge is 0.239 e. The van der Waals surface area contributed by atoms with Crippen LogP contribution in [0.15, 0.2) is 24.4 Å². The van der Waals surface area contributed by atoms with Crippen LogP contribution in [0.5, 0.6) is 0 Å². The zero-order chi connectivity index (χ0) is 35.1. The molecule has 4 aliphatic rings. The van der Waals surface area contributed by atoms with Crippen molar-refractivity contribution in [2.24, 2.45) is 0 Å². The van der Waals surface area contributed by atoms with Crippen LogP contribution >= 0.6 is 0 Å². The first-order chi connectivity index (χ1) is 24.4. The van der Waals surface area contributed by atoms with Crippen LogP contribution in [0.25, 0.3) is 0 Å². The molecule has 2 amide bonds. The van der Waals surface area contributed by atoms with Gasteiger partial charge in [0, 0.05) is 45.0 Å². The summed E-state index contributed by atoms with van der Waals surface area (Å²) in [4.78, 5) is 41.9. The number of hydrogen-bond donors (Lipinski definition) is 4. The van der Waals surface area contributed by atoms with Crippen LogP contribution in [0.3, 0.4) is 0 Å². The van der Waals surface area contributed by atoms with Crippen molar-refractivity contribution in [3.8, 4) is 0 Å². The van der Waals surface area contributed by atoms with Gasteiger partial charge in [-0.1, -0.05) is 31.4 Å². The molecule has 3 heterocycles. The lowest BCUT2D eigenvalue weighted by Crippen LogP contribution is -2.42. The summed E-state index contributed by atoms with van der Waals surface area (Å²) in [5.74, 6) is 2.27. The highest BCUT2D eigenvalue weighted by atomic mass is 16.2. The molecular formula is C38H60N10O2. The lowest BCUT2D eigenvalue weighted by molar-refractivity contribution is -0.120. The van der Waals surface area contributed by atoms with E-state index in [2.05, 4.69) is 62.3 Å². The summed E-state index contributed by atoms with van der Waals surface area (Å²) >= 11 is 0. The average molecular weight is 689 g/mol. The second-order valence-corrected chi connectivity index (χ2v) is 15.0. The van der Waals surface area contributed by atoms with Gasteiger partial charge in [-0.05, 0) is 122 Å². The van der Waals surface area contributed by atoms with Crippen molar-refractivity contribution in [3.05, 3.63) is 35.5 Å². The molecule has 2 saturated carbocycles. The topological polar surface area (TPSA) is 121 Å². The molecule has 1 saturated heterocycles. The van der Waals surface area contributed by atoms with Gasteiger partial charge >= 0.3 is 0 Å². The molecule has 2 aliphatic heterocycles. The standard InChI is InChI=1S/C38H60N10O2/c1-39-21-14-29(43-37-42-26-32-35(44-37)48(30-10-6-5-7-11-30)36(50)38(32)18-19-38)15-22-41-20-9-23-46-24-16-28(17-25-46)31-12-8-13-33(34(31)45(3)4)47(27-49)40-2/h8,12-13,26-30,39-41H,5-7,9-11,14-25H2,1-4H3,(H,42,43,44). The first-order valence-electron chi connectivity index (χ1n) is 19.2. The van der Waals surface area contributed by atoms with Gasteiger partial charge in [-0.2, -0.15) is 4.98 Å². The molecule has 2 aromatic rings. The van der Waals surface area contributed by atoms with E-state index in [0.717, 1.165) is 126 Å². The minimum absolute atomic E-state index is 0.236. The number of piperidine rings is 1. The largest absolute Gasteiger partial charge is 0.376 e. The van der Waals surface area contributed by atoms with E-state index in [4.69, 9.17) is 9.97 Å². The summed E-state index contributed by atoms with van der Waals surface area (Å²) in [5, 5.41) is 12.2. The van der Waals surface area contributed by atoms with Gasteiger partial charge < -0.3 is 25.8 Å². The van der Waals surface area contributed by atoms with Crippen LogP contribution in [0.2, 0.25) is 0 Å². The van der Waals surface area contributed by atoms with E-state index < -0.39 is 0 Å². The van der Waals surface area contributed by atoms with E-state index in [1.165, 1.54) is 24.8 Å². The van der Waals surface area contributed by atoms with Crippen molar-refractivity contribution >= 4 is 35.5 Å². The molecule has 0 radical (unpaired) electrons. The molecule has 12 nitrogen and oxygen atoms in total. The predicted octanol–water partition coefficient (Wildman–Crippen LogP) is 3.99. The van der Waals surface area contributed by atoms with Gasteiger partial charge in [0.25, 0.3) is 0 Å². The maximum atomic E-state index is 13.6. The molecule has 2 aliphatic carbocycles. The highest BCUT2D eigenvalue weighted by Crippen LogP contribution is 2.57. The molecule has 274 valence electrons. The Hall–Kier alpha value is -3.32. The Balaban J connectivity index is 0.959. The number of carbonyl (C=O) groups is 2. The summed E-state index contributed by atoms with van der Waals surface area (Å²) in [5.41, 5.74) is 7.04. The molecule has 50 heavy (non-hydrogen) atoms. The van der Waals surface area contributed by atoms with Crippen LogP contribution in [-0.2, 0) is 15.0 Å². The fraction of sp³-hybridized carbons (Fsp3) is 0.684. The Labute approximate surface area is 299 Å². The summed E-state index contributed by atoms with van der Waals surface area (Å²) in [7, 11) is 7.88. The number of likely N-dealkylation sites (tertiary alicyclic amines) is 1. The number of aromatic nitrogens is 2. The predicted molar refractivity (Wildman–Crippen MR) is 202 cm³/mol. The third-order valence-corrected chi connectivity index (χ3v) is 11.5. The Kier molecular flexibility index (Phi) is 12.3. The Morgan fingerprint density at radius 2 is 1.78 bits per heavy atom. The maximum Gasteiger partial charge on any atom is 0.239 e. The highest BCUT2D eigenvalue weighted by Gasteiger charge is 2.61. The number of benzene rings is 1. The normalized spacial score (nSPS) is 19.8. The Morgan fingerprint density at radius 3 is 2.46 bits per heavy atom. The SMILES string of the molecule is CNCCC(CCNCCCN1CCC(c2cccc(N(C=O)NC)c2N(C)C)CC1)Nc1ncc2c(n1)N(C1CCCCC1)C(=O)C21CC1. The molecule has 3 fully saturated rings. The first-order valence-corrected chi connectivity index (χ1v) is 19.2. The number of hydrogen-bond acceptors (Lipinski definition) is 10. The van der Waals surface area contributed by atoms with Crippen LogP contribution in [0.1, 0.15) is 94.1 Å². The molecule has 1 unspecified atom stereocenters. The number of hydrazine groups is 1. The van der Waals surface area contributed by atoms with E-state index in [-0.39, 0.29) is 23.4 Å². The molecule has 1 aromatic heterocycles. The van der Waals surface area contributed by atoms with Gasteiger partial charge in [0.15, 0.2) is 0 Å². The molecule has 0 bridgehead atoms. The van der Waals surface area contributed by atoms with E-state index in [0.29, 0.717) is 11.9 Å². The summed E-state index contributed by atoms with van der Waals surface area (Å²) < 4.78 is 0. The molecule has 1 atom stereocenters. The van der Waals surface area contributed by atoms with E-state index in [1.54, 1.807) is 12.1 Å². The number of nitrogens with zero attached hydrogens (tertiary/aromatic N) is 6. The molecule has 4 N–H and O–H groups in total. The third-order valence-electron chi connectivity index (χ3n) is 11.5. The number of para-hydroxylation sites is 1. The lowest BCUT2D eigenvalue weighted by Gasteiger charge is -2.35. The minimum atomic E-state index is -0.343. The van der Waals surface area contributed by atoms with Crippen LogP contribution < -0.4 is 36.2 Å². The van der Waals surface area contributed by atoms with E-state index >= 15 is 0 Å². The van der Waals surface area contributed by atoms with Crippen molar-refractivity contribution < 1.29 is 9.59 Å². The zero-order valence-corrected chi connectivity index (χ0v) is 30.8. The molecule has 1 spiro atoms. The van der Waals surface area contributed by atoms with Gasteiger partial charge in [0.1, 0.15) is 5.82 Å². The van der Waals surface area contributed by atoms with Crippen LogP contribution in [0, 0.1) is 0 Å². The number of rotatable bonds is 18. The maximum absolute atomic E-state index is 13.6. The number of amides is 2. The molecular weight excluding hydrogens is 628 g/mol. The van der Waals surface area contributed by atoms with Crippen LogP contribution in [-0.4, -0.2) is 107 Å². The quantitative estimate of drug-likeness (QED) is 0.104. The van der Waals surface area contributed by atoms with Gasteiger partial charge in [-0.15, -0.1) is 0 Å². The fourth-order valence-corrected chi connectivity index (χ4v) is 8.57. The van der Waals surface area contributed by atoms with Crippen molar-refractivity contribution in [1.82, 2.24) is 30.9 Å². The van der Waals surface area contributed by atoms with Gasteiger partial charge in [0.05, 0.1) is 16.8 Å². The summed E-state index contributed by atoms with van der Waals surface area (Å²) in [6.45, 7) is 6.12. The lowest BCUT2D eigenvalue weighted by atomic mass is 9.87. The fourth-order valence-electron chi connectivity index (χ4n) is 8.57. The van der Waals surface area contributed by atoms with E-state index in [1.807, 2.05) is 19.3 Å². The van der Waals surface area contributed by atoms with E-state index in [9.17, 15) is 9.59 Å². The second kappa shape index (κ2) is 16.8. The zero-order valence-electron chi connectivity index (χ0n) is 30.8. The second-order valence-electron chi connectivity index (χ2n) is 15.0. The number of nitrogens with one attached hydrogen (secondary N) is 4. The average Bonchev–Trinajstić information content (AvgIpc) is 3.91. The van der Waals surface area contributed by atoms with Crippen molar-refractivity contribution in [2.45, 2.75) is 100 Å². The third kappa shape index (κ3) is 7.93. The molecule has 6 rings (SSSR count). The van der Waals surface area contributed by atoms with Crippen molar-refractivity contribution in [1.29, 1.82) is 0 Å². The van der Waals surface area contributed by atoms with Crippen molar-refractivity contribution in [2.75, 3.05) is 87.6 Å². The van der Waals surface area contributed by atoms with Gasteiger partial charge in [-0.3, -0.25) is 14.5 Å². The van der Waals surface area contributed by atoms with Crippen molar-refractivity contribution in [3.63, 3.8) is 0 Å².